The van der Waals surface area contributed by atoms with Crippen LogP contribution in [0.25, 0.3) is 0 Å². The molecule has 0 amide bonds. The minimum atomic E-state index is -3.41. The molecule has 5 heteroatoms. The van der Waals surface area contributed by atoms with Crippen LogP contribution >= 0.6 is 7.82 Å². The predicted molar refractivity (Wildman–Crippen MR) is 70.0 cm³/mol. The molecule has 0 unspecified atom stereocenters. The van der Waals surface area contributed by atoms with E-state index in [1.165, 1.54) is 0 Å². The van der Waals surface area contributed by atoms with Crippen LogP contribution in [0.5, 0.6) is 0 Å². The summed E-state index contributed by atoms with van der Waals surface area (Å²) in [7, 11) is -3.41. The van der Waals surface area contributed by atoms with Crippen LogP contribution in [0.1, 0.15) is 48.5 Å². The van der Waals surface area contributed by atoms with E-state index in [4.69, 9.17) is 13.6 Å². The lowest BCUT2D eigenvalue weighted by Gasteiger charge is -2.25. The highest BCUT2D eigenvalue weighted by molar-refractivity contribution is 7.48. The van der Waals surface area contributed by atoms with Gasteiger partial charge in [0.25, 0.3) is 0 Å². The molecule has 0 aliphatic rings. The van der Waals surface area contributed by atoms with Gasteiger partial charge < -0.3 is 0 Å². The monoisotopic (exact) mass is 266 g/mol. The van der Waals surface area contributed by atoms with Gasteiger partial charge in [-0.1, -0.05) is 41.5 Å². The molecule has 17 heavy (non-hydrogen) atoms. The molecule has 0 aliphatic heterocycles. The number of phosphoric ester groups is 1. The molecule has 0 saturated heterocycles. The average molecular weight is 266 g/mol. The molecular formula is C12H27O4P. The summed E-state index contributed by atoms with van der Waals surface area (Å²) in [6, 6.07) is 0. The summed E-state index contributed by atoms with van der Waals surface area (Å²) in [4.78, 5) is 0. The van der Waals surface area contributed by atoms with Gasteiger partial charge in [0.15, 0.2) is 0 Å². The van der Waals surface area contributed by atoms with Crippen molar-refractivity contribution in [2.75, 3.05) is 19.8 Å². The van der Waals surface area contributed by atoms with E-state index in [9.17, 15) is 4.57 Å². The lowest BCUT2D eigenvalue weighted by Crippen LogP contribution is -2.18. The highest BCUT2D eigenvalue weighted by Gasteiger charge is 2.30. The Morgan fingerprint density at radius 3 is 1.41 bits per heavy atom. The Bertz CT molecular complexity index is 241. The van der Waals surface area contributed by atoms with E-state index < -0.39 is 7.82 Å². The van der Waals surface area contributed by atoms with Gasteiger partial charge in [0.1, 0.15) is 0 Å². The second-order valence-corrected chi connectivity index (χ2v) is 8.20. The smallest absolute Gasteiger partial charge is 0.287 e. The van der Waals surface area contributed by atoms with E-state index in [1.807, 2.05) is 41.5 Å². The van der Waals surface area contributed by atoms with Gasteiger partial charge in [-0.2, -0.15) is 0 Å². The van der Waals surface area contributed by atoms with Gasteiger partial charge in [0.05, 0.1) is 19.8 Å². The third-order valence-corrected chi connectivity index (χ3v) is 3.06. The molecule has 0 radical (unpaired) electrons. The molecule has 0 aromatic rings. The highest BCUT2D eigenvalue weighted by Crippen LogP contribution is 2.51. The van der Waals surface area contributed by atoms with Gasteiger partial charge >= 0.3 is 7.82 Å². The lowest BCUT2D eigenvalue weighted by molar-refractivity contribution is 0.0684. The van der Waals surface area contributed by atoms with Crippen LogP contribution in [0.3, 0.4) is 0 Å². The Labute approximate surface area is 106 Å². The van der Waals surface area contributed by atoms with Gasteiger partial charge in [-0.15, -0.1) is 0 Å². The van der Waals surface area contributed by atoms with Crippen LogP contribution in [-0.4, -0.2) is 19.8 Å². The predicted octanol–water partition coefficient (Wildman–Crippen LogP) is 4.26. The van der Waals surface area contributed by atoms with Crippen LogP contribution < -0.4 is 0 Å². The highest BCUT2D eigenvalue weighted by atomic mass is 31.2. The summed E-state index contributed by atoms with van der Waals surface area (Å²) in [5.41, 5.74) is -0.143. The molecule has 0 saturated carbocycles. The van der Waals surface area contributed by atoms with E-state index in [1.54, 1.807) is 6.92 Å². The zero-order valence-electron chi connectivity index (χ0n) is 12.2. The fourth-order valence-corrected chi connectivity index (χ4v) is 2.45. The van der Waals surface area contributed by atoms with Gasteiger partial charge in [-0.3, -0.25) is 13.6 Å². The summed E-state index contributed by atoms with van der Waals surface area (Å²) in [5, 5.41) is 0. The maximum Gasteiger partial charge on any atom is 0.474 e. The lowest BCUT2D eigenvalue weighted by atomic mass is 9.99. The quantitative estimate of drug-likeness (QED) is 0.674. The zero-order chi connectivity index (χ0) is 13.7. The number of rotatable bonds is 6. The van der Waals surface area contributed by atoms with E-state index in [-0.39, 0.29) is 10.8 Å². The van der Waals surface area contributed by atoms with Crippen molar-refractivity contribution < 1.29 is 18.1 Å². The second kappa shape index (κ2) is 6.33. The Morgan fingerprint density at radius 1 is 0.824 bits per heavy atom. The molecule has 0 atom stereocenters. The van der Waals surface area contributed by atoms with Crippen molar-refractivity contribution >= 4 is 7.82 Å². The minimum Gasteiger partial charge on any atom is -0.287 e. The molecule has 0 N–H and O–H groups in total. The first kappa shape index (κ1) is 17.1. The Hall–Kier alpha value is 0.110. The molecule has 0 heterocycles. The molecule has 104 valence electrons. The Morgan fingerprint density at radius 2 is 1.18 bits per heavy atom. The summed E-state index contributed by atoms with van der Waals surface area (Å²) >= 11 is 0. The van der Waals surface area contributed by atoms with Gasteiger partial charge in [-0.25, -0.2) is 4.57 Å². The van der Waals surface area contributed by atoms with Crippen molar-refractivity contribution in [3.63, 3.8) is 0 Å². The van der Waals surface area contributed by atoms with Crippen molar-refractivity contribution in [3.8, 4) is 0 Å². The van der Waals surface area contributed by atoms with E-state index in [2.05, 4.69) is 0 Å². The molecular weight excluding hydrogens is 239 g/mol. The van der Waals surface area contributed by atoms with Crippen molar-refractivity contribution in [1.29, 1.82) is 0 Å². The van der Waals surface area contributed by atoms with Gasteiger partial charge in [-0.05, 0) is 17.8 Å². The fourth-order valence-electron chi connectivity index (χ4n) is 0.815. The van der Waals surface area contributed by atoms with Crippen LogP contribution in [-0.2, 0) is 18.1 Å². The molecule has 0 rings (SSSR count). The van der Waals surface area contributed by atoms with Crippen LogP contribution in [0.4, 0.5) is 0 Å². The summed E-state index contributed by atoms with van der Waals surface area (Å²) in [5.74, 6) is 0. The van der Waals surface area contributed by atoms with E-state index in [0.717, 1.165) is 0 Å². The van der Waals surface area contributed by atoms with Crippen LogP contribution in [0, 0.1) is 10.8 Å². The van der Waals surface area contributed by atoms with Crippen molar-refractivity contribution in [1.82, 2.24) is 0 Å². The molecule has 0 fully saturated rings. The maximum atomic E-state index is 12.2. The average Bonchev–Trinajstić information content (AvgIpc) is 2.11. The van der Waals surface area contributed by atoms with Crippen molar-refractivity contribution in [2.24, 2.45) is 10.8 Å². The van der Waals surface area contributed by atoms with Crippen molar-refractivity contribution in [3.05, 3.63) is 0 Å². The number of hydrogen-bond donors (Lipinski definition) is 0. The molecule has 4 nitrogen and oxygen atoms in total. The first-order valence-electron chi connectivity index (χ1n) is 6.01. The summed E-state index contributed by atoms with van der Waals surface area (Å²) < 4.78 is 28.1. The largest absolute Gasteiger partial charge is 0.474 e. The topological polar surface area (TPSA) is 44.8 Å². The molecule has 0 bridgehead atoms. The number of phosphoric acid groups is 1. The Kier molecular flexibility index (Phi) is 6.37. The number of hydrogen-bond acceptors (Lipinski definition) is 4. The van der Waals surface area contributed by atoms with E-state index in [0.29, 0.717) is 19.8 Å². The van der Waals surface area contributed by atoms with Crippen LogP contribution in [0.2, 0.25) is 0 Å². The third-order valence-electron chi connectivity index (χ3n) is 1.60. The van der Waals surface area contributed by atoms with Gasteiger partial charge in [0, 0.05) is 0 Å². The fraction of sp³-hybridized carbons (Fsp3) is 1.00. The molecule has 0 aromatic carbocycles. The minimum absolute atomic E-state index is 0.0716. The molecule has 0 spiro atoms. The first-order valence-corrected chi connectivity index (χ1v) is 7.47. The molecule has 0 aliphatic carbocycles. The SMILES string of the molecule is CCOP(=O)(OCC(C)(C)C)OCC(C)(C)C. The van der Waals surface area contributed by atoms with Gasteiger partial charge in [0.2, 0.25) is 0 Å². The summed E-state index contributed by atoms with van der Waals surface area (Å²) in [6.07, 6.45) is 0. The summed E-state index contributed by atoms with van der Waals surface area (Å²) in [6.45, 7) is 14.8. The van der Waals surface area contributed by atoms with E-state index >= 15 is 0 Å². The first-order chi connectivity index (χ1) is 7.47. The Balaban J connectivity index is 4.41. The second-order valence-electron chi connectivity index (χ2n) is 6.53. The van der Waals surface area contributed by atoms with Crippen LogP contribution in [0.15, 0.2) is 0 Å². The normalized spacial score (nSPS) is 14.1. The standard InChI is InChI=1S/C12H27O4P/c1-8-14-17(13,15-9-11(2,3)4)16-10-12(5,6)7/h8-10H2,1-7H3. The third kappa shape index (κ3) is 9.78. The molecule has 0 aromatic heterocycles. The zero-order valence-corrected chi connectivity index (χ0v) is 13.1. The maximum absolute atomic E-state index is 12.2. The van der Waals surface area contributed by atoms with Crippen molar-refractivity contribution in [2.45, 2.75) is 48.5 Å².